The molecule has 4 heteroatoms. The second-order valence-electron chi connectivity index (χ2n) is 4.60. The number of hydrogen-bond acceptors (Lipinski definition) is 3. The third-order valence-electron chi connectivity index (χ3n) is 3.08. The predicted molar refractivity (Wildman–Crippen MR) is 84.9 cm³/mol. The molecule has 0 bridgehead atoms. The van der Waals surface area contributed by atoms with Gasteiger partial charge in [0.05, 0.1) is 5.56 Å². The van der Waals surface area contributed by atoms with Crippen molar-refractivity contribution in [3.63, 3.8) is 0 Å². The summed E-state index contributed by atoms with van der Waals surface area (Å²) in [5.41, 5.74) is 8.21. The van der Waals surface area contributed by atoms with Crippen molar-refractivity contribution in [1.29, 1.82) is 0 Å². The molecule has 2 aromatic rings. The van der Waals surface area contributed by atoms with E-state index >= 15 is 0 Å². The topological polar surface area (TPSA) is 46.3 Å². The molecule has 0 saturated heterocycles. The Bertz CT molecular complexity index is 596. The Morgan fingerprint density at radius 3 is 2.45 bits per heavy atom. The number of nitrogens with two attached hydrogens (primary N) is 1. The lowest BCUT2D eigenvalue weighted by Crippen LogP contribution is -2.26. The molecular formula is C16H18N2OS. The highest BCUT2D eigenvalue weighted by atomic mass is 32.2. The summed E-state index contributed by atoms with van der Waals surface area (Å²) in [6, 6.07) is 15.3. The molecule has 0 saturated carbocycles. The molecular weight excluding hydrogens is 268 g/mol. The first kappa shape index (κ1) is 14.5. The van der Waals surface area contributed by atoms with E-state index in [4.69, 9.17) is 5.73 Å². The summed E-state index contributed by atoms with van der Waals surface area (Å²) in [7, 11) is 1.82. The molecule has 1 amide bonds. The van der Waals surface area contributed by atoms with Crippen molar-refractivity contribution in [2.24, 2.45) is 0 Å². The standard InChI is InChI=1S/C16H18N2OS/c1-18(11-12-7-9-13(17)10-8-12)16(19)14-5-3-4-6-15(14)20-2/h3-10H,11,17H2,1-2H3. The van der Waals surface area contributed by atoms with Gasteiger partial charge in [0.1, 0.15) is 0 Å². The van der Waals surface area contributed by atoms with Crippen molar-refractivity contribution < 1.29 is 4.79 Å². The average molecular weight is 286 g/mol. The molecule has 0 aliphatic rings. The van der Waals surface area contributed by atoms with Crippen LogP contribution >= 0.6 is 11.8 Å². The minimum atomic E-state index is 0.0341. The fourth-order valence-electron chi connectivity index (χ4n) is 2.00. The first-order valence-corrected chi connectivity index (χ1v) is 7.57. The zero-order valence-corrected chi connectivity index (χ0v) is 12.5. The molecule has 104 valence electrons. The number of hydrogen-bond donors (Lipinski definition) is 1. The van der Waals surface area contributed by atoms with Crippen molar-refractivity contribution in [2.75, 3.05) is 19.0 Å². The normalized spacial score (nSPS) is 10.3. The first-order chi connectivity index (χ1) is 9.61. The average Bonchev–Trinajstić information content (AvgIpc) is 2.48. The molecule has 0 aromatic heterocycles. The molecule has 0 atom stereocenters. The number of thioether (sulfide) groups is 1. The van der Waals surface area contributed by atoms with Gasteiger partial charge in [-0.1, -0.05) is 24.3 Å². The molecule has 2 N–H and O–H groups in total. The quantitative estimate of drug-likeness (QED) is 0.693. The Morgan fingerprint density at radius 2 is 1.80 bits per heavy atom. The Hall–Kier alpha value is -1.94. The van der Waals surface area contributed by atoms with Crippen LogP contribution in [0.4, 0.5) is 5.69 Å². The minimum Gasteiger partial charge on any atom is -0.399 e. The number of carbonyl (C=O) groups excluding carboxylic acids is 1. The summed E-state index contributed by atoms with van der Waals surface area (Å²) in [5.74, 6) is 0.0341. The van der Waals surface area contributed by atoms with Gasteiger partial charge in [-0.3, -0.25) is 4.79 Å². The maximum Gasteiger partial charge on any atom is 0.255 e. The lowest BCUT2D eigenvalue weighted by molar-refractivity contribution is 0.0781. The SMILES string of the molecule is CSc1ccccc1C(=O)N(C)Cc1ccc(N)cc1. The van der Waals surface area contributed by atoms with Gasteiger partial charge in [0.2, 0.25) is 0 Å². The molecule has 0 aliphatic carbocycles. The van der Waals surface area contributed by atoms with E-state index in [0.29, 0.717) is 6.54 Å². The van der Waals surface area contributed by atoms with Gasteiger partial charge in [-0.2, -0.15) is 0 Å². The number of rotatable bonds is 4. The third kappa shape index (κ3) is 3.33. The third-order valence-corrected chi connectivity index (χ3v) is 3.88. The van der Waals surface area contributed by atoms with Crippen LogP contribution in [0, 0.1) is 0 Å². The molecule has 0 radical (unpaired) electrons. The zero-order valence-electron chi connectivity index (χ0n) is 11.7. The summed E-state index contributed by atoms with van der Waals surface area (Å²) in [6.07, 6.45) is 1.98. The zero-order chi connectivity index (χ0) is 14.5. The van der Waals surface area contributed by atoms with Crippen molar-refractivity contribution in [1.82, 2.24) is 4.90 Å². The van der Waals surface area contributed by atoms with E-state index in [9.17, 15) is 4.79 Å². The van der Waals surface area contributed by atoms with Crippen LogP contribution in [-0.2, 0) is 6.54 Å². The van der Waals surface area contributed by atoms with Crippen LogP contribution in [0.25, 0.3) is 0 Å². The van der Waals surface area contributed by atoms with Crippen LogP contribution in [-0.4, -0.2) is 24.1 Å². The molecule has 20 heavy (non-hydrogen) atoms. The van der Waals surface area contributed by atoms with Gasteiger partial charge in [0.15, 0.2) is 0 Å². The van der Waals surface area contributed by atoms with Gasteiger partial charge in [-0.25, -0.2) is 0 Å². The smallest absolute Gasteiger partial charge is 0.255 e. The molecule has 0 fully saturated rings. The van der Waals surface area contributed by atoms with E-state index in [1.54, 1.807) is 16.7 Å². The first-order valence-electron chi connectivity index (χ1n) is 6.34. The van der Waals surface area contributed by atoms with E-state index in [1.165, 1.54) is 0 Å². The Morgan fingerprint density at radius 1 is 1.15 bits per heavy atom. The van der Waals surface area contributed by atoms with Crippen molar-refractivity contribution in [3.05, 3.63) is 59.7 Å². The molecule has 2 aromatic carbocycles. The molecule has 2 rings (SSSR count). The molecule has 0 aliphatic heterocycles. The lowest BCUT2D eigenvalue weighted by Gasteiger charge is -2.18. The summed E-state index contributed by atoms with van der Waals surface area (Å²) >= 11 is 1.59. The van der Waals surface area contributed by atoms with Crippen LogP contribution < -0.4 is 5.73 Å². The highest BCUT2D eigenvalue weighted by Crippen LogP contribution is 2.21. The van der Waals surface area contributed by atoms with Gasteiger partial charge in [-0.05, 0) is 36.1 Å². The highest BCUT2D eigenvalue weighted by molar-refractivity contribution is 7.98. The summed E-state index contributed by atoms with van der Waals surface area (Å²) in [4.78, 5) is 15.2. The van der Waals surface area contributed by atoms with E-state index < -0.39 is 0 Å². The van der Waals surface area contributed by atoms with Gasteiger partial charge >= 0.3 is 0 Å². The number of amides is 1. The van der Waals surface area contributed by atoms with E-state index in [0.717, 1.165) is 21.7 Å². The fourth-order valence-corrected chi connectivity index (χ4v) is 2.59. The second kappa shape index (κ2) is 6.48. The Balaban J connectivity index is 2.14. The number of nitrogens with zero attached hydrogens (tertiary/aromatic N) is 1. The minimum absolute atomic E-state index is 0.0341. The van der Waals surface area contributed by atoms with Crippen LogP contribution in [0.5, 0.6) is 0 Å². The van der Waals surface area contributed by atoms with E-state index in [2.05, 4.69) is 0 Å². The number of anilines is 1. The van der Waals surface area contributed by atoms with Crippen molar-refractivity contribution in [2.45, 2.75) is 11.4 Å². The molecule has 3 nitrogen and oxygen atoms in total. The molecule has 0 unspecified atom stereocenters. The van der Waals surface area contributed by atoms with Crippen LogP contribution in [0.2, 0.25) is 0 Å². The van der Waals surface area contributed by atoms with Gasteiger partial charge in [-0.15, -0.1) is 11.8 Å². The Kier molecular flexibility index (Phi) is 4.69. The van der Waals surface area contributed by atoms with Crippen LogP contribution in [0.3, 0.4) is 0 Å². The maximum absolute atomic E-state index is 12.5. The lowest BCUT2D eigenvalue weighted by atomic mass is 10.1. The predicted octanol–water partition coefficient (Wildman–Crippen LogP) is 3.26. The van der Waals surface area contributed by atoms with E-state index in [-0.39, 0.29) is 5.91 Å². The van der Waals surface area contributed by atoms with Gasteiger partial charge < -0.3 is 10.6 Å². The summed E-state index contributed by atoms with van der Waals surface area (Å²) in [5, 5.41) is 0. The fraction of sp³-hybridized carbons (Fsp3) is 0.188. The molecule has 0 heterocycles. The number of nitrogen functional groups attached to an aromatic ring is 1. The van der Waals surface area contributed by atoms with Crippen LogP contribution in [0.1, 0.15) is 15.9 Å². The monoisotopic (exact) mass is 286 g/mol. The number of benzene rings is 2. The molecule has 0 spiro atoms. The van der Waals surface area contributed by atoms with E-state index in [1.807, 2.05) is 61.8 Å². The van der Waals surface area contributed by atoms with Crippen LogP contribution in [0.15, 0.2) is 53.4 Å². The maximum atomic E-state index is 12.5. The number of carbonyl (C=O) groups is 1. The second-order valence-corrected chi connectivity index (χ2v) is 5.45. The summed E-state index contributed by atoms with van der Waals surface area (Å²) in [6.45, 7) is 0.571. The summed E-state index contributed by atoms with van der Waals surface area (Å²) < 4.78 is 0. The van der Waals surface area contributed by atoms with Crippen molar-refractivity contribution >= 4 is 23.4 Å². The highest BCUT2D eigenvalue weighted by Gasteiger charge is 2.15. The van der Waals surface area contributed by atoms with Gasteiger partial charge in [0, 0.05) is 24.2 Å². The Labute approximate surface area is 123 Å². The largest absolute Gasteiger partial charge is 0.399 e. The van der Waals surface area contributed by atoms with Crippen molar-refractivity contribution in [3.8, 4) is 0 Å². The van der Waals surface area contributed by atoms with Gasteiger partial charge in [0.25, 0.3) is 5.91 Å².